The van der Waals surface area contributed by atoms with Gasteiger partial charge in [0.1, 0.15) is 0 Å². The van der Waals surface area contributed by atoms with Crippen molar-refractivity contribution in [3.63, 3.8) is 0 Å². The summed E-state index contributed by atoms with van der Waals surface area (Å²) in [4.78, 5) is 0. The molecule has 0 bridgehead atoms. The quantitative estimate of drug-likeness (QED) is 0.565. The molecule has 0 unspecified atom stereocenters. The number of nitrogen functional groups attached to an aromatic ring is 1. The average Bonchev–Trinajstić information content (AvgIpc) is 2.14. The van der Waals surface area contributed by atoms with Gasteiger partial charge in [-0.1, -0.05) is 0 Å². The van der Waals surface area contributed by atoms with Gasteiger partial charge in [0.15, 0.2) is 16.3 Å². The topological polar surface area (TPSA) is 63.0 Å². The zero-order valence-corrected chi connectivity index (χ0v) is 7.33. The van der Waals surface area contributed by atoms with Crippen molar-refractivity contribution in [2.24, 2.45) is 5.73 Å². The van der Waals surface area contributed by atoms with Gasteiger partial charge in [-0.05, 0) is 28.1 Å². The van der Waals surface area contributed by atoms with Crippen LogP contribution in [-0.4, -0.2) is 5.84 Å². The molecule has 0 atom stereocenters. The van der Waals surface area contributed by atoms with Gasteiger partial charge in [0.05, 0.1) is 0 Å². The highest BCUT2D eigenvalue weighted by atomic mass is 79.9. The molecule has 1 aromatic rings. The number of furan rings is 1. The van der Waals surface area contributed by atoms with E-state index in [1.807, 2.05) is 0 Å². The molecule has 0 aromatic carbocycles. The van der Waals surface area contributed by atoms with Gasteiger partial charge in [0.25, 0.3) is 0 Å². The highest BCUT2D eigenvalue weighted by Gasteiger charge is 1.99. The fourth-order valence-corrected chi connectivity index (χ4v) is 0.766. The van der Waals surface area contributed by atoms with Crippen LogP contribution < -0.4 is 5.73 Å². The number of nitrogens with two attached hydrogens (primary N) is 1. The Bertz CT molecular complexity index is 235. The van der Waals surface area contributed by atoms with Crippen LogP contribution in [0.25, 0.3) is 0 Å². The first-order chi connectivity index (χ1) is 4.20. The SMILES string of the molecule is Cl.N=C(N)c1ccc(Br)o1. The Hall–Kier alpha value is -0.480. The van der Waals surface area contributed by atoms with E-state index >= 15 is 0 Å². The first-order valence-electron chi connectivity index (χ1n) is 2.30. The van der Waals surface area contributed by atoms with Gasteiger partial charge in [0, 0.05) is 0 Å². The molecule has 0 aliphatic rings. The minimum Gasteiger partial charge on any atom is -0.446 e. The van der Waals surface area contributed by atoms with Gasteiger partial charge in [-0.2, -0.15) is 0 Å². The van der Waals surface area contributed by atoms with E-state index in [4.69, 9.17) is 15.6 Å². The molecule has 3 nitrogen and oxygen atoms in total. The summed E-state index contributed by atoms with van der Waals surface area (Å²) in [7, 11) is 0. The lowest BCUT2D eigenvalue weighted by atomic mass is 10.4. The molecule has 10 heavy (non-hydrogen) atoms. The molecule has 0 amide bonds. The van der Waals surface area contributed by atoms with Crippen LogP contribution in [0, 0.1) is 5.41 Å². The van der Waals surface area contributed by atoms with E-state index in [0.29, 0.717) is 10.4 Å². The molecule has 3 N–H and O–H groups in total. The first kappa shape index (κ1) is 9.52. The van der Waals surface area contributed by atoms with E-state index in [2.05, 4.69) is 15.9 Å². The molecule has 0 fully saturated rings. The molecule has 0 saturated carbocycles. The number of hydrogen-bond donors (Lipinski definition) is 2. The molecular formula is C5H6BrClN2O. The summed E-state index contributed by atoms with van der Waals surface area (Å²) in [6.45, 7) is 0. The third kappa shape index (κ3) is 2.04. The van der Waals surface area contributed by atoms with Crippen molar-refractivity contribution in [1.29, 1.82) is 5.41 Å². The van der Waals surface area contributed by atoms with Gasteiger partial charge < -0.3 is 10.2 Å². The maximum atomic E-state index is 6.91. The molecule has 0 saturated heterocycles. The van der Waals surface area contributed by atoms with Crippen molar-refractivity contribution in [2.45, 2.75) is 0 Å². The van der Waals surface area contributed by atoms with Gasteiger partial charge >= 0.3 is 0 Å². The molecule has 1 heterocycles. The van der Waals surface area contributed by atoms with Crippen LogP contribution >= 0.6 is 28.3 Å². The molecule has 0 spiro atoms. The largest absolute Gasteiger partial charge is 0.446 e. The third-order valence-electron chi connectivity index (χ3n) is 0.839. The highest BCUT2D eigenvalue weighted by molar-refractivity contribution is 9.10. The fraction of sp³-hybridized carbons (Fsp3) is 0. The number of hydrogen-bond acceptors (Lipinski definition) is 2. The van der Waals surface area contributed by atoms with Crippen LogP contribution in [0.1, 0.15) is 5.76 Å². The zero-order valence-electron chi connectivity index (χ0n) is 4.93. The van der Waals surface area contributed by atoms with E-state index in [9.17, 15) is 0 Å². The highest BCUT2D eigenvalue weighted by Crippen LogP contribution is 2.12. The number of nitrogens with one attached hydrogen (secondary N) is 1. The van der Waals surface area contributed by atoms with Crippen molar-refractivity contribution in [1.82, 2.24) is 0 Å². The lowest BCUT2D eigenvalue weighted by molar-refractivity contribution is 0.531. The summed E-state index contributed by atoms with van der Waals surface area (Å²) in [5.41, 5.74) is 5.10. The molecule has 0 radical (unpaired) electrons. The Labute approximate surface area is 72.6 Å². The predicted molar refractivity (Wildman–Crippen MR) is 44.7 cm³/mol. The minimum absolute atomic E-state index is 0. The van der Waals surface area contributed by atoms with Crippen LogP contribution in [0.4, 0.5) is 0 Å². The Morgan fingerprint density at radius 2 is 2.20 bits per heavy atom. The van der Waals surface area contributed by atoms with Crippen LogP contribution in [-0.2, 0) is 0 Å². The van der Waals surface area contributed by atoms with Gasteiger partial charge in [-0.3, -0.25) is 5.41 Å². The van der Waals surface area contributed by atoms with Crippen molar-refractivity contribution >= 4 is 34.2 Å². The zero-order chi connectivity index (χ0) is 6.85. The Morgan fingerprint density at radius 1 is 1.60 bits per heavy atom. The molecule has 5 heteroatoms. The van der Waals surface area contributed by atoms with E-state index < -0.39 is 0 Å². The summed E-state index contributed by atoms with van der Waals surface area (Å²) < 4.78 is 5.50. The van der Waals surface area contributed by atoms with E-state index in [1.165, 1.54) is 0 Å². The summed E-state index contributed by atoms with van der Waals surface area (Å²) in [6, 6.07) is 3.32. The van der Waals surface area contributed by atoms with E-state index in [0.717, 1.165) is 0 Å². The van der Waals surface area contributed by atoms with Crippen molar-refractivity contribution in [3.05, 3.63) is 22.6 Å². The normalized spacial score (nSPS) is 8.50. The summed E-state index contributed by atoms with van der Waals surface area (Å²) >= 11 is 3.08. The maximum absolute atomic E-state index is 6.91. The van der Waals surface area contributed by atoms with Crippen LogP contribution in [0.3, 0.4) is 0 Å². The molecule has 0 aliphatic carbocycles. The maximum Gasteiger partial charge on any atom is 0.170 e. The fourth-order valence-electron chi connectivity index (χ4n) is 0.459. The van der Waals surface area contributed by atoms with Crippen LogP contribution in [0.15, 0.2) is 21.2 Å². The Morgan fingerprint density at radius 3 is 2.40 bits per heavy atom. The summed E-state index contributed by atoms with van der Waals surface area (Å²) in [5.74, 6) is 0.336. The molecule has 1 rings (SSSR count). The smallest absolute Gasteiger partial charge is 0.170 e. The second-order valence-electron chi connectivity index (χ2n) is 1.52. The average molecular weight is 225 g/mol. The molecule has 56 valence electrons. The van der Waals surface area contributed by atoms with Gasteiger partial charge in [-0.25, -0.2) is 0 Å². The predicted octanol–water partition coefficient (Wildman–Crippen LogP) is 1.75. The van der Waals surface area contributed by atoms with Crippen molar-refractivity contribution in [2.75, 3.05) is 0 Å². The molecule has 0 aliphatic heterocycles. The molecule has 1 aromatic heterocycles. The Balaban J connectivity index is 0.000000810. The number of rotatable bonds is 1. The van der Waals surface area contributed by atoms with Crippen molar-refractivity contribution in [3.8, 4) is 0 Å². The van der Waals surface area contributed by atoms with Crippen LogP contribution in [0.5, 0.6) is 0 Å². The second-order valence-corrected chi connectivity index (χ2v) is 2.30. The Kier molecular flexibility index (Phi) is 3.46. The number of halogens is 2. The minimum atomic E-state index is -0.0549. The summed E-state index contributed by atoms with van der Waals surface area (Å²) in [6.07, 6.45) is 0. The van der Waals surface area contributed by atoms with E-state index in [1.54, 1.807) is 12.1 Å². The number of amidine groups is 1. The van der Waals surface area contributed by atoms with Crippen molar-refractivity contribution < 1.29 is 4.42 Å². The third-order valence-corrected chi connectivity index (χ3v) is 1.26. The van der Waals surface area contributed by atoms with Gasteiger partial charge in [0.2, 0.25) is 0 Å². The lowest BCUT2D eigenvalue weighted by Gasteiger charge is -1.86. The van der Waals surface area contributed by atoms with E-state index in [-0.39, 0.29) is 18.2 Å². The lowest BCUT2D eigenvalue weighted by Crippen LogP contribution is -2.09. The van der Waals surface area contributed by atoms with Gasteiger partial charge in [-0.15, -0.1) is 12.4 Å². The summed E-state index contributed by atoms with van der Waals surface area (Å²) in [5, 5.41) is 6.91. The monoisotopic (exact) mass is 224 g/mol. The second kappa shape index (κ2) is 3.63. The molecular weight excluding hydrogens is 219 g/mol. The first-order valence-corrected chi connectivity index (χ1v) is 3.09. The van der Waals surface area contributed by atoms with Crippen LogP contribution in [0.2, 0.25) is 0 Å². The standard InChI is InChI=1S/C5H5BrN2O.ClH/c6-4-2-1-3(9-4)5(7)8;/h1-2H,(H3,7,8);1H.